The predicted molar refractivity (Wildman–Crippen MR) is 121 cm³/mol. The number of rotatable bonds is 4. The summed E-state index contributed by atoms with van der Waals surface area (Å²) in [7, 11) is 0. The first-order valence-electron chi connectivity index (χ1n) is 11.5. The zero-order chi connectivity index (χ0) is 22.3. The average molecular weight is 437 g/mol. The lowest BCUT2D eigenvalue weighted by Gasteiger charge is -2.67. The van der Waals surface area contributed by atoms with E-state index in [1.54, 1.807) is 12.2 Å². The number of hydrogen-bond donors (Lipinski definition) is 1. The van der Waals surface area contributed by atoms with Crippen molar-refractivity contribution in [3.63, 3.8) is 0 Å². The van der Waals surface area contributed by atoms with Gasteiger partial charge in [-0.05, 0) is 74.3 Å². The second-order valence-electron chi connectivity index (χ2n) is 10.3. The summed E-state index contributed by atoms with van der Waals surface area (Å²) in [4.78, 5) is 5.70. The van der Waals surface area contributed by atoms with E-state index in [0.29, 0.717) is 31.4 Å². The maximum atomic E-state index is 15.5. The molecule has 5 heteroatoms. The van der Waals surface area contributed by atoms with Crippen LogP contribution in [0.3, 0.4) is 0 Å². The van der Waals surface area contributed by atoms with Gasteiger partial charge in [0.25, 0.3) is 0 Å². The van der Waals surface area contributed by atoms with Crippen LogP contribution in [0.2, 0.25) is 0 Å². The Morgan fingerprint density at radius 3 is 2.47 bits per heavy atom. The molecule has 0 unspecified atom stereocenters. The number of fused-ring (bicyclic) bond motifs is 3. The predicted octanol–water partition coefficient (Wildman–Crippen LogP) is 6.71. The monoisotopic (exact) mass is 436 g/mol. The average Bonchev–Trinajstić information content (AvgIpc) is 3.06. The summed E-state index contributed by atoms with van der Waals surface area (Å²) < 4.78 is 45.2. The molecule has 3 fully saturated rings. The van der Waals surface area contributed by atoms with E-state index in [-0.39, 0.29) is 17.0 Å². The van der Waals surface area contributed by atoms with E-state index in [2.05, 4.69) is 22.9 Å². The minimum atomic E-state index is -0.995. The highest BCUT2D eigenvalue weighted by atomic mass is 19.1. The van der Waals surface area contributed by atoms with E-state index < -0.39 is 23.3 Å². The smallest absolute Gasteiger partial charge is 0.131 e. The summed E-state index contributed by atoms with van der Waals surface area (Å²) in [6.07, 6.45) is 5.98. The number of nitrogens with one attached hydrogen (secondary N) is 1. The zero-order valence-corrected chi connectivity index (χ0v) is 18.4. The van der Waals surface area contributed by atoms with Crippen LogP contribution in [0.25, 0.3) is 17.0 Å². The van der Waals surface area contributed by atoms with Crippen LogP contribution in [0.5, 0.6) is 0 Å². The Labute approximate surface area is 186 Å². The molecule has 0 saturated heterocycles. The number of benzene rings is 2. The Bertz CT molecular complexity index is 1210. The molecule has 3 aromatic rings. The van der Waals surface area contributed by atoms with Crippen molar-refractivity contribution in [1.82, 2.24) is 9.88 Å². The fraction of sp³-hybridized carbons (Fsp3) is 0.407. The SMILES string of the molecule is C/C=C/c1cc(F)c([C@@H]2c3[nH]c4ccccc4c3C[C@@H](C)N2CC23CC(F)(C2)C3)c(F)c1. The van der Waals surface area contributed by atoms with E-state index >= 15 is 8.78 Å². The molecule has 3 aliphatic carbocycles. The van der Waals surface area contributed by atoms with Gasteiger partial charge in [-0.25, -0.2) is 13.2 Å². The topological polar surface area (TPSA) is 19.0 Å². The third-order valence-electron chi connectivity index (χ3n) is 7.84. The number of aromatic nitrogens is 1. The quantitative estimate of drug-likeness (QED) is 0.482. The first kappa shape index (κ1) is 20.1. The molecular formula is C27H27F3N2. The fourth-order valence-electron chi connectivity index (χ4n) is 6.63. The Morgan fingerprint density at radius 2 is 1.81 bits per heavy atom. The van der Waals surface area contributed by atoms with Crippen LogP contribution in [0.1, 0.15) is 61.5 Å². The normalized spacial score (nSPS) is 31.5. The van der Waals surface area contributed by atoms with E-state index in [9.17, 15) is 4.39 Å². The summed E-state index contributed by atoms with van der Waals surface area (Å²) in [6, 6.07) is 10.4. The Balaban J connectivity index is 1.51. The van der Waals surface area contributed by atoms with Gasteiger partial charge >= 0.3 is 0 Å². The molecule has 32 heavy (non-hydrogen) atoms. The van der Waals surface area contributed by atoms with Crippen LogP contribution < -0.4 is 0 Å². The van der Waals surface area contributed by atoms with Gasteiger partial charge in [0.2, 0.25) is 0 Å². The van der Waals surface area contributed by atoms with Crippen LogP contribution in [0.4, 0.5) is 13.2 Å². The number of hydrogen-bond acceptors (Lipinski definition) is 1. The third-order valence-corrected chi connectivity index (χ3v) is 7.84. The summed E-state index contributed by atoms with van der Waals surface area (Å²) >= 11 is 0. The highest BCUT2D eigenvalue weighted by Crippen LogP contribution is 2.70. The number of para-hydroxylation sites is 1. The molecule has 4 aliphatic rings. The largest absolute Gasteiger partial charge is 0.357 e. The van der Waals surface area contributed by atoms with Gasteiger partial charge < -0.3 is 4.98 Å². The van der Waals surface area contributed by atoms with Crippen molar-refractivity contribution in [1.29, 1.82) is 0 Å². The number of aromatic amines is 1. The number of alkyl halides is 1. The molecule has 2 bridgehead atoms. The minimum absolute atomic E-state index is 0.0530. The van der Waals surface area contributed by atoms with Crippen LogP contribution in [-0.4, -0.2) is 28.1 Å². The molecule has 0 radical (unpaired) electrons. The summed E-state index contributed by atoms with van der Waals surface area (Å²) in [6.45, 7) is 4.61. The molecule has 2 atom stereocenters. The molecule has 2 aromatic carbocycles. The molecule has 1 aromatic heterocycles. The zero-order valence-electron chi connectivity index (χ0n) is 18.4. The van der Waals surface area contributed by atoms with Crippen molar-refractivity contribution >= 4 is 17.0 Å². The number of H-pyrrole nitrogens is 1. The van der Waals surface area contributed by atoms with Crippen LogP contribution in [0, 0.1) is 17.0 Å². The first-order valence-corrected chi connectivity index (χ1v) is 11.5. The van der Waals surface area contributed by atoms with Crippen molar-refractivity contribution < 1.29 is 13.2 Å². The molecule has 7 rings (SSSR count). The van der Waals surface area contributed by atoms with Gasteiger partial charge in [-0.1, -0.05) is 30.4 Å². The maximum Gasteiger partial charge on any atom is 0.131 e. The third kappa shape index (κ3) is 2.83. The number of halogens is 3. The van der Waals surface area contributed by atoms with Crippen LogP contribution >= 0.6 is 0 Å². The second-order valence-corrected chi connectivity index (χ2v) is 10.3. The molecule has 2 heterocycles. The summed E-state index contributed by atoms with van der Waals surface area (Å²) in [5.74, 6) is -1.07. The van der Waals surface area contributed by atoms with Gasteiger partial charge in [-0.2, -0.15) is 0 Å². The number of allylic oxidation sites excluding steroid dienone is 1. The lowest BCUT2D eigenvalue weighted by atomic mass is 9.42. The van der Waals surface area contributed by atoms with E-state index in [1.165, 1.54) is 12.1 Å². The summed E-state index contributed by atoms with van der Waals surface area (Å²) in [5.41, 5.74) is 2.52. The Hall–Kier alpha value is -2.53. The summed E-state index contributed by atoms with van der Waals surface area (Å²) in [5, 5.41) is 1.11. The van der Waals surface area contributed by atoms with Crippen molar-refractivity contribution in [3.05, 3.63) is 76.5 Å². The van der Waals surface area contributed by atoms with Crippen molar-refractivity contribution in [3.8, 4) is 0 Å². The van der Waals surface area contributed by atoms with Gasteiger partial charge in [0.1, 0.15) is 17.3 Å². The van der Waals surface area contributed by atoms with Crippen LogP contribution in [0.15, 0.2) is 42.5 Å². The van der Waals surface area contributed by atoms with Crippen molar-refractivity contribution in [2.45, 2.75) is 57.3 Å². The lowest BCUT2D eigenvalue weighted by molar-refractivity contribution is -0.226. The standard InChI is InChI=1S/C27H27F3N2/c1-3-6-17-10-20(28)23(21(29)11-17)25-24-19(18-7-4-5-8-22(18)31-24)9-16(2)32(25)15-26-12-27(30,13-26)14-26/h3-8,10-11,16,25,31H,9,12-15H2,1-2H3/b6-3+/t16-,25-,26?,27?/m1/s1. The first-order chi connectivity index (χ1) is 15.3. The van der Waals surface area contributed by atoms with Gasteiger partial charge in [0.15, 0.2) is 0 Å². The van der Waals surface area contributed by atoms with Gasteiger partial charge in [-0.15, -0.1) is 0 Å². The van der Waals surface area contributed by atoms with Gasteiger partial charge in [0.05, 0.1) is 6.04 Å². The molecule has 0 amide bonds. The second kappa shape index (κ2) is 6.74. The van der Waals surface area contributed by atoms with Crippen LogP contribution in [-0.2, 0) is 6.42 Å². The molecule has 166 valence electrons. The molecule has 2 nitrogen and oxygen atoms in total. The minimum Gasteiger partial charge on any atom is -0.357 e. The molecule has 0 spiro atoms. The maximum absolute atomic E-state index is 15.5. The van der Waals surface area contributed by atoms with Gasteiger partial charge in [-0.3, -0.25) is 4.90 Å². The molecular weight excluding hydrogens is 409 g/mol. The highest BCUT2D eigenvalue weighted by molar-refractivity contribution is 5.85. The highest BCUT2D eigenvalue weighted by Gasteiger charge is 2.69. The van der Waals surface area contributed by atoms with Crippen molar-refractivity contribution in [2.75, 3.05) is 6.54 Å². The van der Waals surface area contributed by atoms with E-state index in [0.717, 1.165) is 28.6 Å². The fourth-order valence-corrected chi connectivity index (χ4v) is 6.63. The Kier molecular flexibility index (Phi) is 4.23. The molecule has 1 N–H and O–H groups in total. The lowest BCUT2D eigenvalue weighted by Crippen LogP contribution is -2.68. The van der Waals surface area contributed by atoms with E-state index in [4.69, 9.17) is 0 Å². The van der Waals surface area contributed by atoms with Gasteiger partial charge in [0, 0.05) is 34.7 Å². The van der Waals surface area contributed by atoms with E-state index in [1.807, 2.05) is 25.1 Å². The number of nitrogens with zero attached hydrogens (tertiary/aromatic N) is 1. The molecule has 1 aliphatic heterocycles. The Morgan fingerprint density at radius 1 is 1.12 bits per heavy atom. The molecule has 3 saturated carbocycles. The van der Waals surface area contributed by atoms with Crippen molar-refractivity contribution in [2.24, 2.45) is 5.41 Å².